The topological polar surface area (TPSA) is 93.2 Å². The van der Waals surface area contributed by atoms with Crippen LogP contribution in [-0.4, -0.2) is 37.9 Å². The van der Waals surface area contributed by atoms with Crippen molar-refractivity contribution in [3.63, 3.8) is 0 Å². The van der Waals surface area contributed by atoms with E-state index in [0.29, 0.717) is 17.9 Å². The molecule has 1 aliphatic rings. The van der Waals surface area contributed by atoms with E-state index in [1.807, 2.05) is 0 Å². The van der Waals surface area contributed by atoms with Gasteiger partial charge in [-0.25, -0.2) is 12.8 Å². The molecule has 1 saturated heterocycles. The lowest BCUT2D eigenvalue weighted by Gasteiger charge is -2.12. The molecule has 1 aromatic heterocycles. The van der Waals surface area contributed by atoms with Crippen LogP contribution in [-0.2, 0) is 14.8 Å². The van der Waals surface area contributed by atoms with Crippen molar-refractivity contribution >= 4 is 21.7 Å². The van der Waals surface area contributed by atoms with Gasteiger partial charge in [-0.3, -0.25) is 4.72 Å². The van der Waals surface area contributed by atoms with Gasteiger partial charge in [-0.05, 0) is 55.7 Å². The number of ether oxygens (including phenoxy) is 1. The Morgan fingerprint density at radius 3 is 2.64 bits per heavy atom. The van der Waals surface area contributed by atoms with E-state index in [1.165, 1.54) is 25.1 Å². The summed E-state index contributed by atoms with van der Waals surface area (Å²) >= 11 is 0. The van der Waals surface area contributed by atoms with Gasteiger partial charge in [0.25, 0.3) is 10.0 Å². The SMILES string of the molecule is Cc1cc(F)ccc1S(=O)(=O)Nc1ccc(NCC2CCCO2)nn1. The number of anilines is 2. The van der Waals surface area contributed by atoms with Crippen LogP contribution in [0.3, 0.4) is 0 Å². The molecule has 9 heteroatoms. The minimum atomic E-state index is -3.86. The molecule has 3 rings (SSSR count). The van der Waals surface area contributed by atoms with Crippen LogP contribution in [0.25, 0.3) is 0 Å². The van der Waals surface area contributed by atoms with Crippen LogP contribution in [0.15, 0.2) is 35.2 Å². The molecule has 0 spiro atoms. The zero-order chi connectivity index (χ0) is 17.9. The van der Waals surface area contributed by atoms with Gasteiger partial charge in [-0.2, -0.15) is 0 Å². The maximum absolute atomic E-state index is 13.1. The highest BCUT2D eigenvalue weighted by molar-refractivity contribution is 7.92. The van der Waals surface area contributed by atoms with Gasteiger partial charge in [0.15, 0.2) is 5.82 Å². The Morgan fingerprint density at radius 2 is 2.00 bits per heavy atom. The van der Waals surface area contributed by atoms with Crippen molar-refractivity contribution in [3.05, 3.63) is 41.7 Å². The first-order chi connectivity index (χ1) is 11.9. The van der Waals surface area contributed by atoms with Gasteiger partial charge in [0, 0.05) is 13.2 Å². The minimum Gasteiger partial charge on any atom is -0.376 e. The molecule has 1 aliphatic heterocycles. The first-order valence-corrected chi connectivity index (χ1v) is 9.40. The largest absolute Gasteiger partial charge is 0.376 e. The van der Waals surface area contributed by atoms with Gasteiger partial charge >= 0.3 is 0 Å². The van der Waals surface area contributed by atoms with Crippen molar-refractivity contribution in [2.45, 2.75) is 30.8 Å². The second-order valence-electron chi connectivity index (χ2n) is 5.84. The maximum Gasteiger partial charge on any atom is 0.263 e. The van der Waals surface area contributed by atoms with E-state index in [0.717, 1.165) is 25.5 Å². The highest BCUT2D eigenvalue weighted by Gasteiger charge is 2.18. The van der Waals surface area contributed by atoms with Crippen molar-refractivity contribution in [2.75, 3.05) is 23.2 Å². The number of nitrogens with one attached hydrogen (secondary N) is 2. The van der Waals surface area contributed by atoms with Crippen molar-refractivity contribution < 1.29 is 17.5 Å². The number of hydrogen-bond acceptors (Lipinski definition) is 6. The van der Waals surface area contributed by atoms with Gasteiger partial charge in [-0.15, -0.1) is 10.2 Å². The molecule has 0 aliphatic carbocycles. The lowest BCUT2D eigenvalue weighted by molar-refractivity contribution is 0.120. The molecule has 2 heterocycles. The summed E-state index contributed by atoms with van der Waals surface area (Å²) in [7, 11) is -3.86. The molecular weight excluding hydrogens is 347 g/mol. The second-order valence-corrected chi connectivity index (χ2v) is 7.49. The quantitative estimate of drug-likeness (QED) is 0.815. The molecule has 25 heavy (non-hydrogen) atoms. The monoisotopic (exact) mass is 366 g/mol. The molecule has 2 aromatic rings. The number of benzene rings is 1. The Kier molecular flexibility index (Phi) is 5.14. The zero-order valence-corrected chi connectivity index (χ0v) is 14.5. The van der Waals surface area contributed by atoms with Crippen LogP contribution in [0.5, 0.6) is 0 Å². The highest BCUT2D eigenvalue weighted by atomic mass is 32.2. The van der Waals surface area contributed by atoms with E-state index in [2.05, 4.69) is 20.2 Å². The van der Waals surface area contributed by atoms with E-state index in [4.69, 9.17) is 4.74 Å². The van der Waals surface area contributed by atoms with E-state index >= 15 is 0 Å². The van der Waals surface area contributed by atoms with Crippen molar-refractivity contribution in [2.24, 2.45) is 0 Å². The molecule has 7 nitrogen and oxygen atoms in total. The van der Waals surface area contributed by atoms with Crippen LogP contribution in [0, 0.1) is 12.7 Å². The standard InChI is InChI=1S/C16H19FN4O3S/c1-11-9-12(17)4-5-14(11)25(22,23)21-16-7-6-15(19-20-16)18-10-13-3-2-8-24-13/h4-7,9,13H,2-3,8,10H2,1H3,(H,18,19)(H,20,21). The average Bonchev–Trinajstić information content (AvgIpc) is 3.07. The molecule has 0 saturated carbocycles. The molecular formula is C16H19FN4O3S. The molecule has 2 N–H and O–H groups in total. The summed E-state index contributed by atoms with van der Waals surface area (Å²) in [6, 6.07) is 6.64. The van der Waals surface area contributed by atoms with Crippen LogP contribution in [0.4, 0.5) is 16.0 Å². The van der Waals surface area contributed by atoms with Gasteiger partial charge in [0.05, 0.1) is 11.0 Å². The summed E-state index contributed by atoms with van der Waals surface area (Å²) in [6.07, 6.45) is 2.23. The van der Waals surface area contributed by atoms with Crippen LogP contribution >= 0.6 is 0 Å². The average molecular weight is 366 g/mol. The summed E-state index contributed by atoms with van der Waals surface area (Å²) in [5.74, 6) is 0.140. The zero-order valence-electron chi connectivity index (χ0n) is 13.7. The molecule has 0 amide bonds. The molecule has 0 bridgehead atoms. The Labute approximate surface area is 145 Å². The number of aryl methyl sites for hydroxylation is 1. The number of halogens is 1. The van der Waals surface area contributed by atoms with Gasteiger partial charge in [-0.1, -0.05) is 0 Å². The fraction of sp³-hybridized carbons (Fsp3) is 0.375. The fourth-order valence-corrected chi connectivity index (χ4v) is 3.84. The Hall–Kier alpha value is -2.26. The van der Waals surface area contributed by atoms with E-state index in [1.54, 1.807) is 6.07 Å². The second kappa shape index (κ2) is 7.32. The first-order valence-electron chi connectivity index (χ1n) is 7.92. The third kappa shape index (κ3) is 4.43. The number of rotatable bonds is 6. The lowest BCUT2D eigenvalue weighted by Crippen LogP contribution is -2.19. The van der Waals surface area contributed by atoms with Crippen LogP contribution in [0.2, 0.25) is 0 Å². The summed E-state index contributed by atoms with van der Waals surface area (Å²) in [6.45, 7) is 2.94. The minimum absolute atomic E-state index is 0.00344. The first kappa shape index (κ1) is 17.6. The molecule has 134 valence electrons. The van der Waals surface area contributed by atoms with E-state index in [9.17, 15) is 12.8 Å². The number of sulfonamides is 1. The van der Waals surface area contributed by atoms with E-state index in [-0.39, 0.29) is 16.8 Å². The molecule has 0 radical (unpaired) electrons. The predicted molar refractivity (Wildman–Crippen MR) is 91.4 cm³/mol. The van der Waals surface area contributed by atoms with Gasteiger partial charge < -0.3 is 10.1 Å². The normalized spacial score (nSPS) is 17.4. The molecule has 1 unspecified atom stereocenters. The number of aromatic nitrogens is 2. The molecule has 1 fully saturated rings. The highest BCUT2D eigenvalue weighted by Crippen LogP contribution is 2.19. The van der Waals surface area contributed by atoms with Gasteiger partial charge in [0.2, 0.25) is 0 Å². The van der Waals surface area contributed by atoms with E-state index < -0.39 is 15.8 Å². The Bertz CT molecular complexity index is 837. The number of nitrogens with zero attached hydrogens (tertiary/aromatic N) is 2. The summed E-state index contributed by atoms with van der Waals surface area (Å²) in [4.78, 5) is -0.00344. The summed E-state index contributed by atoms with van der Waals surface area (Å²) < 4.78 is 45.8. The van der Waals surface area contributed by atoms with Crippen molar-refractivity contribution in [3.8, 4) is 0 Å². The molecule has 1 aromatic carbocycles. The third-order valence-electron chi connectivity index (χ3n) is 3.86. The summed E-state index contributed by atoms with van der Waals surface area (Å²) in [5, 5.41) is 10.9. The maximum atomic E-state index is 13.1. The van der Waals surface area contributed by atoms with Crippen molar-refractivity contribution in [1.82, 2.24) is 10.2 Å². The third-order valence-corrected chi connectivity index (χ3v) is 5.38. The van der Waals surface area contributed by atoms with Crippen LogP contribution < -0.4 is 10.0 Å². The van der Waals surface area contributed by atoms with Crippen molar-refractivity contribution in [1.29, 1.82) is 0 Å². The van der Waals surface area contributed by atoms with Crippen LogP contribution in [0.1, 0.15) is 18.4 Å². The lowest BCUT2D eigenvalue weighted by atomic mass is 10.2. The fourth-order valence-electron chi connectivity index (χ4n) is 2.61. The Balaban J connectivity index is 1.65. The molecule has 1 atom stereocenters. The van der Waals surface area contributed by atoms with Gasteiger partial charge in [0.1, 0.15) is 11.6 Å². The summed E-state index contributed by atoms with van der Waals surface area (Å²) in [5.41, 5.74) is 0.315. The number of hydrogen-bond donors (Lipinski definition) is 2. The predicted octanol–water partition coefficient (Wildman–Crippen LogP) is 2.32. The Morgan fingerprint density at radius 1 is 1.24 bits per heavy atom. The smallest absolute Gasteiger partial charge is 0.263 e.